The zero-order valence-corrected chi connectivity index (χ0v) is 8.03. The monoisotopic (exact) mass is 194 g/mol. The molecule has 0 saturated heterocycles. The highest BCUT2D eigenvalue weighted by Gasteiger charge is 2.05. The number of nitrogens with one attached hydrogen (secondary N) is 1. The first kappa shape index (κ1) is 10.7. The maximum atomic E-state index is 10.8. The molecular formula is C10H14N2O2. The number of hydrogen-bond donors (Lipinski definition) is 3. The Hall–Kier alpha value is -1.39. The number of benzene rings is 1. The topological polar surface area (TPSA) is 75.3 Å². The second-order valence-corrected chi connectivity index (χ2v) is 3.06. The van der Waals surface area contributed by atoms with Crippen LogP contribution in [0.5, 0.6) is 0 Å². The molecule has 76 valence electrons. The predicted molar refractivity (Wildman–Crippen MR) is 54.8 cm³/mol. The van der Waals surface area contributed by atoms with Crippen molar-refractivity contribution in [2.24, 2.45) is 5.73 Å². The van der Waals surface area contributed by atoms with Gasteiger partial charge in [0.2, 0.25) is 5.91 Å². The lowest BCUT2D eigenvalue weighted by atomic mass is 10.1. The SMILES string of the molecule is CC(=O)Nc1cccc(C(O)CN)c1. The maximum absolute atomic E-state index is 10.8. The molecule has 1 rings (SSSR count). The Kier molecular flexibility index (Phi) is 3.62. The Balaban J connectivity index is 2.83. The van der Waals surface area contributed by atoms with Crippen molar-refractivity contribution in [3.05, 3.63) is 29.8 Å². The molecule has 4 heteroatoms. The molecule has 14 heavy (non-hydrogen) atoms. The van der Waals surface area contributed by atoms with Crippen molar-refractivity contribution in [1.29, 1.82) is 0 Å². The summed E-state index contributed by atoms with van der Waals surface area (Å²) in [6.07, 6.45) is -0.677. The van der Waals surface area contributed by atoms with E-state index in [1.165, 1.54) is 6.92 Å². The second kappa shape index (κ2) is 4.74. The van der Waals surface area contributed by atoms with E-state index in [0.717, 1.165) is 0 Å². The average Bonchev–Trinajstić information content (AvgIpc) is 2.16. The Labute approximate surface area is 82.7 Å². The van der Waals surface area contributed by atoms with Crippen LogP contribution in [0.25, 0.3) is 0 Å². The van der Waals surface area contributed by atoms with Crippen LogP contribution in [-0.2, 0) is 4.79 Å². The Morgan fingerprint density at radius 2 is 2.36 bits per heavy atom. The molecule has 0 fully saturated rings. The number of amides is 1. The van der Waals surface area contributed by atoms with Crippen LogP contribution < -0.4 is 11.1 Å². The lowest BCUT2D eigenvalue weighted by Crippen LogP contribution is -2.12. The Morgan fingerprint density at radius 3 is 2.93 bits per heavy atom. The molecule has 0 aliphatic carbocycles. The van der Waals surface area contributed by atoms with Crippen molar-refractivity contribution in [2.45, 2.75) is 13.0 Å². The molecule has 0 radical (unpaired) electrons. The number of aliphatic hydroxyl groups excluding tert-OH is 1. The van der Waals surface area contributed by atoms with Gasteiger partial charge in [-0.15, -0.1) is 0 Å². The zero-order chi connectivity index (χ0) is 10.6. The van der Waals surface area contributed by atoms with E-state index in [0.29, 0.717) is 11.3 Å². The van der Waals surface area contributed by atoms with Crippen LogP contribution in [0.3, 0.4) is 0 Å². The number of rotatable bonds is 3. The molecule has 0 spiro atoms. The number of nitrogens with two attached hydrogens (primary N) is 1. The number of carbonyl (C=O) groups is 1. The third kappa shape index (κ3) is 2.83. The summed E-state index contributed by atoms with van der Waals surface area (Å²) in [5.41, 5.74) is 6.69. The highest BCUT2D eigenvalue weighted by atomic mass is 16.3. The highest BCUT2D eigenvalue weighted by Crippen LogP contribution is 2.16. The summed E-state index contributed by atoms with van der Waals surface area (Å²) in [7, 11) is 0. The Morgan fingerprint density at radius 1 is 1.64 bits per heavy atom. The van der Waals surface area contributed by atoms with E-state index >= 15 is 0 Å². The molecule has 0 heterocycles. The fourth-order valence-electron chi connectivity index (χ4n) is 1.16. The van der Waals surface area contributed by atoms with E-state index in [9.17, 15) is 9.90 Å². The molecule has 0 aromatic heterocycles. The lowest BCUT2D eigenvalue weighted by molar-refractivity contribution is -0.114. The molecular weight excluding hydrogens is 180 g/mol. The molecule has 1 aromatic carbocycles. The van der Waals surface area contributed by atoms with Crippen LogP contribution in [0.2, 0.25) is 0 Å². The standard InChI is InChI=1S/C10H14N2O2/c1-7(13)12-9-4-2-3-8(5-9)10(14)6-11/h2-5,10,14H,6,11H2,1H3,(H,12,13). The molecule has 0 aliphatic rings. The minimum absolute atomic E-state index is 0.135. The van der Waals surface area contributed by atoms with Gasteiger partial charge in [-0.05, 0) is 17.7 Å². The molecule has 0 aliphatic heterocycles. The summed E-state index contributed by atoms with van der Waals surface area (Å²) >= 11 is 0. The smallest absolute Gasteiger partial charge is 0.221 e. The van der Waals surface area contributed by atoms with Crippen LogP contribution in [0.4, 0.5) is 5.69 Å². The third-order valence-electron chi connectivity index (χ3n) is 1.82. The van der Waals surface area contributed by atoms with E-state index in [2.05, 4.69) is 5.32 Å². The summed E-state index contributed by atoms with van der Waals surface area (Å²) in [5, 5.41) is 12.1. The molecule has 1 aromatic rings. The van der Waals surface area contributed by atoms with Crippen molar-refractivity contribution >= 4 is 11.6 Å². The molecule has 4 nitrogen and oxygen atoms in total. The van der Waals surface area contributed by atoms with Gasteiger partial charge >= 0.3 is 0 Å². The van der Waals surface area contributed by atoms with Gasteiger partial charge in [-0.1, -0.05) is 12.1 Å². The van der Waals surface area contributed by atoms with Crippen LogP contribution in [0, 0.1) is 0 Å². The Bertz CT molecular complexity index is 326. The van der Waals surface area contributed by atoms with Crippen molar-refractivity contribution in [2.75, 3.05) is 11.9 Å². The van der Waals surface area contributed by atoms with Crippen LogP contribution in [0.15, 0.2) is 24.3 Å². The van der Waals surface area contributed by atoms with Crippen molar-refractivity contribution in [3.63, 3.8) is 0 Å². The van der Waals surface area contributed by atoms with Gasteiger partial charge in [-0.3, -0.25) is 4.79 Å². The predicted octanol–water partition coefficient (Wildman–Crippen LogP) is 0.637. The summed E-state index contributed by atoms with van der Waals surface area (Å²) in [6, 6.07) is 7.00. The van der Waals surface area contributed by atoms with Gasteiger partial charge in [-0.2, -0.15) is 0 Å². The maximum Gasteiger partial charge on any atom is 0.221 e. The van der Waals surface area contributed by atoms with Gasteiger partial charge in [0.15, 0.2) is 0 Å². The number of hydrogen-bond acceptors (Lipinski definition) is 3. The summed E-state index contributed by atoms with van der Waals surface area (Å²) < 4.78 is 0. The fourth-order valence-corrected chi connectivity index (χ4v) is 1.16. The van der Waals surface area contributed by atoms with E-state index in [1.807, 2.05) is 0 Å². The van der Waals surface area contributed by atoms with Crippen LogP contribution in [0.1, 0.15) is 18.6 Å². The molecule has 4 N–H and O–H groups in total. The molecule has 0 bridgehead atoms. The van der Waals surface area contributed by atoms with Crippen LogP contribution in [-0.4, -0.2) is 17.6 Å². The van der Waals surface area contributed by atoms with E-state index < -0.39 is 6.10 Å². The van der Waals surface area contributed by atoms with Crippen LogP contribution >= 0.6 is 0 Å². The average molecular weight is 194 g/mol. The van der Waals surface area contributed by atoms with Crippen molar-refractivity contribution in [1.82, 2.24) is 0 Å². The van der Waals surface area contributed by atoms with E-state index in [4.69, 9.17) is 5.73 Å². The second-order valence-electron chi connectivity index (χ2n) is 3.06. The number of anilines is 1. The van der Waals surface area contributed by atoms with Crippen molar-refractivity contribution < 1.29 is 9.90 Å². The first-order valence-corrected chi connectivity index (χ1v) is 4.39. The summed E-state index contributed by atoms with van der Waals surface area (Å²) in [5.74, 6) is -0.135. The van der Waals surface area contributed by atoms with Gasteiger partial charge < -0.3 is 16.2 Å². The van der Waals surface area contributed by atoms with Crippen molar-refractivity contribution in [3.8, 4) is 0 Å². The third-order valence-corrected chi connectivity index (χ3v) is 1.82. The molecule has 0 saturated carbocycles. The van der Waals surface area contributed by atoms with Gasteiger partial charge in [0.05, 0.1) is 6.10 Å². The van der Waals surface area contributed by atoms with E-state index in [-0.39, 0.29) is 12.5 Å². The first-order chi connectivity index (χ1) is 6.63. The van der Waals surface area contributed by atoms with E-state index in [1.54, 1.807) is 24.3 Å². The van der Waals surface area contributed by atoms with Gasteiger partial charge in [0.1, 0.15) is 0 Å². The van der Waals surface area contributed by atoms with Gasteiger partial charge in [-0.25, -0.2) is 0 Å². The largest absolute Gasteiger partial charge is 0.387 e. The van der Waals surface area contributed by atoms with Gasteiger partial charge in [0.25, 0.3) is 0 Å². The molecule has 1 atom stereocenters. The molecule has 1 unspecified atom stereocenters. The number of carbonyl (C=O) groups excluding carboxylic acids is 1. The minimum atomic E-state index is -0.677. The molecule has 1 amide bonds. The quantitative estimate of drug-likeness (QED) is 0.660. The summed E-state index contributed by atoms with van der Waals surface area (Å²) in [6.45, 7) is 1.61. The fraction of sp³-hybridized carbons (Fsp3) is 0.300. The zero-order valence-electron chi connectivity index (χ0n) is 8.03. The number of aliphatic hydroxyl groups is 1. The highest BCUT2D eigenvalue weighted by molar-refractivity contribution is 5.88. The minimum Gasteiger partial charge on any atom is -0.387 e. The van der Waals surface area contributed by atoms with Gasteiger partial charge in [0, 0.05) is 19.2 Å². The normalized spacial score (nSPS) is 12.2. The first-order valence-electron chi connectivity index (χ1n) is 4.39. The summed E-state index contributed by atoms with van der Waals surface area (Å²) in [4.78, 5) is 10.8. The lowest BCUT2D eigenvalue weighted by Gasteiger charge is -2.09.